The van der Waals surface area contributed by atoms with Crippen LogP contribution in [0.15, 0.2) is 60.8 Å². The average Bonchev–Trinajstić information content (AvgIpc) is 2.74. The predicted octanol–water partition coefficient (Wildman–Crippen LogP) is 7.49. The van der Waals surface area contributed by atoms with Gasteiger partial charge in [0.2, 0.25) is 5.69 Å². The molecule has 162 valence electrons. The number of aromatic nitrogens is 1. The lowest BCUT2D eigenvalue weighted by Crippen LogP contribution is -2.43. The number of nitrogens with zero attached hydrogens (tertiary/aromatic N) is 1. The van der Waals surface area contributed by atoms with E-state index in [1.165, 1.54) is 61.0 Å². The normalized spacial score (nSPS) is 16.0. The first-order valence-electron chi connectivity index (χ1n) is 11.7. The van der Waals surface area contributed by atoms with Gasteiger partial charge in [0.05, 0.1) is 0 Å². The van der Waals surface area contributed by atoms with E-state index < -0.39 is 0 Å². The zero-order chi connectivity index (χ0) is 23.0. The van der Waals surface area contributed by atoms with Gasteiger partial charge in [-0.1, -0.05) is 58.0 Å². The zero-order valence-corrected chi connectivity index (χ0v) is 20.7. The average molecular weight is 421 g/mol. The summed E-state index contributed by atoms with van der Waals surface area (Å²) in [5.74, 6) is 0. The molecule has 0 spiro atoms. The van der Waals surface area contributed by atoms with Crippen LogP contribution in [0.3, 0.4) is 0 Å². The molecule has 1 nitrogen and oxygen atoms in total. The number of hydrogen-bond donors (Lipinski definition) is 0. The van der Waals surface area contributed by atoms with Crippen molar-refractivity contribution in [2.24, 2.45) is 7.05 Å². The Morgan fingerprint density at radius 2 is 1.16 bits per heavy atom. The van der Waals surface area contributed by atoms with Gasteiger partial charge in [0.1, 0.15) is 7.05 Å². The molecule has 3 aromatic carbocycles. The first kappa shape index (κ1) is 20.9. The highest BCUT2D eigenvalue weighted by Gasteiger charge is 2.46. The van der Waals surface area contributed by atoms with Crippen LogP contribution in [0.1, 0.15) is 55.5 Å². The highest BCUT2D eigenvalue weighted by Crippen LogP contribution is 2.55. The molecule has 1 heterocycles. The van der Waals surface area contributed by atoms with Crippen molar-refractivity contribution < 1.29 is 4.57 Å². The Labute approximate surface area is 192 Å². The van der Waals surface area contributed by atoms with E-state index in [0.717, 1.165) is 0 Å². The number of pyridine rings is 1. The fourth-order valence-corrected chi connectivity index (χ4v) is 5.53. The number of fused-ring (bicyclic) bond motifs is 4. The second-order valence-corrected chi connectivity index (χ2v) is 10.8. The molecule has 32 heavy (non-hydrogen) atoms. The number of rotatable bonds is 1. The van der Waals surface area contributed by atoms with Crippen LogP contribution in [-0.4, -0.2) is 0 Å². The molecule has 0 radical (unpaired) electrons. The van der Waals surface area contributed by atoms with Crippen LogP contribution < -0.4 is 4.57 Å². The highest BCUT2D eigenvalue weighted by molar-refractivity contribution is 5.93. The molecule has 0 bridgehead atoms. The minimum atomic E-state index is 0.0203. The lowest BCUT2D eigenvalue weighted by molar-refractivity contribution is -0.660. The summed E-state index contributed by atoms with van der Waals surface area (Å²) >= 11 is 0. The molecule has 0 saturated heterocycles. The van der Waals surface area contributed by atoms with Crippen molar-refractivity contribution in [1.82, 2.24) is 0 Å². The van der Waals surface area contributed by atoms with Gasteiger partial charge in [-0.15, -0.1) is 0 Å². The van der Waals surface area contributed by atoms with E-state index in [9.17, 15) is 0 Å². The van der Waals surface area contributed by atoms with Crippen molar-refractivity contribution >= 4 is 10.8 Å². The van der Waals surface area contributed by atoms with Crippen LogP contribution >= 0.6 is 0 Å². The Morgan fingerprint density at radius 1 is 0.594 bits per heavy atom. The van der Waals surface area contributed by atoms with Gasteiger partial charge in [0, 0.05) is 17.2 Å². The van der Waals surface area contributed by atoms with E-state index in [1.807, 2.05) is 0 Å². The minimum absolute atomic E-state index is 0.0203. The van der Waals surface area contributed by atoms with Gasteiger partial charge in [0.25, 0.3) is 0 Å². The van der Waals surface area contributed by atoms with Crippen molar-refractivity contribution in [3.8, 4) is 22.4 Å². The second-order valence-electron chi connectivity index (χ2n) is 10.8. The van der Waals surface area contributed by atoms with E-state index in [2.05, 4.69) is 121 Å². The van der Waals surface area contributed by atoms with Crippen molar-refractivity contribution in [2.45, 2.75) is 59.3 Å². The monoisotopic (exact) mass is 420 g/mol. The summed E-state index contributed by atoms with van der Waals surface area (Å²) in [6.07, 6.45) is 2.25. The van der Waals surface area contributed by atoms with E-state index in [4.69, 9.17) is 0 Å². The molecule has 0 amide bonds. The van der Waals surface area contributed by atoms with Crippen LogP contribution in [0.2, 0.25) is 0 Å². The van der Waals surface area contributed by atoms with Gasteiger partial charge in [-0.3, -0.25) is 0 Å². The number of aryl methyl sites for hydroxylation is 4. The summed E-state index contributed by atoms with van der Waals surface area (Å²) in [6.45, 7) is 16.3. The lowest BCUT2D eigenvalue weighted by atomic mass is 9.55. The summed E-state index contributed by atoms with van der Waals surface area (Å²) in [4.78, 5) is 0. The molecule has 1 aliphatic rings. The summed E-state index contributed by atoms with van der Waals surface area (Å²) in [6, 6.07) is 20.9. The predicted molar refractivity (Wildman–Crippen MR) is 136 cm³/mol. The topological polar surface area (TPSA) is 3.88 Å². The van der Waals surface area contributed by atoms with Gasteiger partial charge in [-0.25, -0.2) is 4.57 Å². The van der Waals surface area contributed by atoms with Gasteiger partial charge >= 0.3 is 0 Å². The van der Waals surface area contributed by atoms with E-state index >= 15 is 0 Å². The molecule has 5 rings (SSSR count). The molecule has 0 saturated carbocycles. The first-order valence-corrected chi connectivity index (χ1v) is 11.7. The molecule has 1 heteroatoms. The molecule has 0 N–H and O–H groups in total. The zero-order valence-electron chi connectivity index (χ0n) is 20.7. The molecule has 1 aliphatic carbocycles. The summed E-state index contributed by atoms with van der Waals surface area (Å²) in [5, 5.41) is 2.64. The van der Waals surface area contributed by atoms with Gasteiger partial charge in [-0.2, -0.15) is 0 Å². The number of benzene rings is 3. The molecule has 0 unspecified atom stereocenters. The Morgan fingerprint density at radius 3 is 1.81 bits per heavy atom. The Bertz CT molecular complexity index is 1400. The maximum Gasteiger partial charge on any atom is 0.212 e. The van der Waals surface area contributed by atoms with Crippen LogP contribution in [0.25, 0.3) is 33.2 Å². The van der Waals surface area contributed by atoms with Crippen LogP contribution in [0, 0.1) is 20.8 Å². The maximum absolute atomic E-state index is 2.46. The second kappa shape index (κ2) is 6.78. The van der Waals surface area contributed by atoms with Crippen molar-refractivity contribution in [3.05, 3.63) is 88.6 Å². The van der Waals surface area contributed by atoms with E-state index in [0.29, 0.717) is 0 Å². The molecule has 0 atom stereocenters. The van der Waals surface area contributed by atoms with Crippen molar-refractivity contribution in [3.63, 3.8) is 0 Å². The minimum Gasteiger partial charge on any atom is -0.201 e. The molecule has 1 aromatic heterocycles. The molecular weight excluding hydrogens is 386 g/mol. The van der Waals surface area contributed by atoms with Gasteiger partial charge in [0.15, 0.2) is 6.20 Å². The van der Waals surface area contributed by atoms with E-state index in [1.54, 1.807) is 0 Å². The smallest absolute Gasteiger partial charge is 0.201 e. The molecular formula is C31H34N+. The molecule has 0 fully saturated rings. The lowest BCUT2D eigenvalue weighted by Gasteiger charge is -2.48. The van der Waals surface area contributed by atoms with E-state index in [-0.39, 0.29) is 10.8 Å². The van der Waals surface area contributed by atoms with Crippen LogP contribution in [0.5, 0.6) is 0 Å². The SMILES string of the molecule is Cc1cc(-c2cc3c(cc2C)C(C)(C)C(C)(C)c2cc4ccccc4cc2-3)[n+](C)cc1C. The Balaban J connectivity index is 1.87. The van der Waals surface area contributed by atoms with Crippen LogP contribution in [-0.2, 0) is 17.9 Å². The first-order chi connectivity index (χ1) is 15.0. The Kier molecular flexibility index (Phi) is 4.44. The Hall–Kier alpha value is -2.93. The maximum atomic E-state index is 2.46. The largest absolute Gasteiger partial charge is 0.212 e. The van der Waals surface area contributed by atoms with Gasteiger partial charge < -0.3 is 0 Å². The summed E-state index contributed by atoms with van der Waals surface area (Å²) in [7, 11) is 2.16. The number of hydrogen-bond acceptors (Lipinski definition) is 0. The van der Waals surface area contributed by atoms with Crippen molar-refractivity contribution in [2.75, 3.05) is 0 Å². The third-order valence-corrected chi connectivity index (χ3v) is 8.47. The van der Waals surface area contributed by atoms with Crippen molar-refractivity contribution in [1.29, 1.82) is 0 Å². The highest BCUT2D eigenvalue weighted by atomic mass is 14.9. The fraction of sp³-hybridized carbons (Fsp3) is 0.323. The summed E-state index contributed by atoms with van der Waals surface area (Å²) in [5.41, 5.74) is 12.3. The quantitative estimate of drug-likeness (QED) is 0.281. The summed E-state index contributed by atoms with van der Waals surface area (Å²) < 4.78 is 2.27. The van der Waals surface area contributed by atoms with Crippen LogP contribution in [0.4, 0.5) is 0 Å². The third kappa shape index (κ3) is 2.80. The molecule has 4 aromatic rings. The standard InChI is InChI=1S/C31H34N/c1-19-14-29(32(8)18-21(19)3)24-17-26-25-15-22-11-9-10-12-23(22)16-28(25)31(6,7)30(4,5)27(26)13-20(24)2/h9-18H,1-8H3/q+1. The third-order valence-electron chi connectivity index (χ3n) is 8.47. The van der Waals surface area contributed by atoms with Gasteiger partial charge in [-0.05, 0) is 94.0 Å². The fourth-order valence-electron chi connectivity index (χ4n) is 5.53. The molecule has 0 aliphatic heterocycles.